The van der Waals surface area contributed by atoms with Crippen molar-refractivity contribution in [2.45, 2.75) is 71.0 Å². The third-order valence-electron chi connectivity index (χ3n) is 4.56. The van der Waals surface area contributed by atoms with Gasteiger partial charge in [-0.2, -0.15) is 0 Å². The van der Waals surface area contributed by atoms with Crippen molar-refractivity contribution in [3.05, 3.63) is 18.2 Å². The fraction of sp³-hybridized carbons (Fsp3) is 0.800. The molecule has 2 aliphatic rings. The molecule has 1 aromatic rings. The van der Waals surface area contributed by atoms with Crippen molar-refractivity contribution in [1.29, 1.82) is 0 Å². The van der Waals surface area contributed by atoms with Crippen molar-refractivity contribution in [1.82, 2.24) is 14.9 Å². The minimum absolute atomic E-state index is 0.493. The number of hydrogen-bond donors (Lipinski definition) is 1. The molecular weight excluding hydrogens is 222 g/mol. The van der Waals surface area contributed by atoms with Gasteiger partial charge in [0.05, 0.1) is 12.0 Å². The lowest BCUT2D eigenvalue weighted by atomic mass is 9.75. The third-order valence-corrected chi connectivity index (χ3v) is 4.56. The van der Waals surface area contributed by atoms with Gasteiger partial charge in [0, 0.05) is 25.3 Å². The van der Waals surface area contributed by atoms with Gasteiger partial charge in [0.25, 0.3) is 0 Å². The highest BCUT2D eigenvalue weighted by Gasteiger charge is 2.28. The highest BCUT2D eigenvalue weighted by Crippen LogP contribution is 2.37. The van der Waals surface area contributed by atoms with E-state index in [1.807, 2.05) is 12.5 Å². The van der Waals surface area contributed by atoms with Gasteiger partial charge in [0.2, 0.25) is 0 Å². The van der Waals surface area contributed by atoms with Crippen molar-refractivity contribution in [3.8, 4) is 0 Å². The van der Waals surface area contributed by atoms with E-state index in [1.54, 1.807) is 0 Å². The van der Waals surface area contributed by atoms with Crippen LogP contribution in [0.25, 0.3) is 0 Å². The van der Waals surface area contributed by atoms with E-state index in [2.05, 4.69) is 21.8 Å². The molecule has 0 bridgehead atoms. The van der Waals surface area contributed by atoms with Gasteiger partial charge in [-0.15, -0.1) is 0 Å². The summed E-state index contributed by atoms with van der Waals surface area (Å²) in [6, 6.07) is 0.776. The number of hydrogen-bond acceptors (Lipinski definition) is 2. The maximum atomic E-state index is 4.34. The van der Waals surface area contributed by atoms with E-state index in [9.17, 15) is 0 Å². The second-order valence-corrected chi connectivity index (χ2v) is 6.54. The fourth-order valence-corrected chi connectivity index (χ4v) is 3.15. The van der Waals surface area contributed by atoms with Crippen LogP contribution >= 0.6 is 0 Å². The number of aromatic nitrogens is 2. The average molecular weight is 247 g/mol. The molecule has 18 heavy (non-hydrogen) atoms. The van der Waals surface area contributed by atoms with Crippen LogP contribution in [0.1, 0.15) is 57.6 Å². The van der Waals surface area contributed by atoms with Gasteiger partial charge < -0.3 is 9.88 Å². The van der Waals surface area contributed by atoms with E-state index >= 15 is 0 Å². The lowest BCUT2D eigenvalue weighted by Gasteiger charge is -2.34. The molecule has 2 aliphatic carbocycles. The van der Waals surface area contributed by atoms with Gasteiger partial charge in [-0.3, -0.25) is 0 Å². The molecule has 0 unspecified atom stereocenters. The van der Waals surface area contributed by atoms with Crippen LogP contribution < -0.4 is 5.32 Å². The van der Waals surface area contributed by atoms with Crippen LogP contribution in [0.4, 0.5) is 0 Å². The molecule has 0 radical (unpaired) electrons. The first-order valence-corrected chi connectivity index (χ1v) is 7.48. The predicted molar refractivity (Wildman–Crippen MR) is 73.3 cm³/mol. The first kappa shape index (κ1) is 12.2. The van der Waals surface area contributed by atoms with Crippen molar-refractivity contribution in [2.75, 3.05) is 0 Å². The molecule has 3 nitrogen and oxygen atoms in total. The number of nitrogens with zero attached hydrogens (tertiary/aromatic N) is 2. The quantitative estimate of drug-likeness (QED) is 0.866. The predicted octanol–water partition coefficient (Wildman–Crippen LogP) is 3.11. The Bertz CT molecular complexity index is 386. The summed E-state index contributed by atoms with van der Waals surface area (Å²) in [4.78, 5) is 4.34. The number of imidazole rings is 1. The smallest absolute Gasteiger partial charge is 0.0948 e. The van der Waals surface area contributed by atoms with E-state index in [4.69, 9.17) is 0 Å². The van der Waals surface area contributed by atoms with Gasteiger partial charge in [-0.25, -0.2) is 4.98 Å². The second-order valence-electron chi connectivity index (χ2n) is 6.54. The Balaban J connectivity index is 1.62. The average Bonchev–Trinajstić information content (AvgIpc) is 3.09. The number of rotatable bonds is 5. The van der Waals surface area contributed by atoms with Crippen molar-refractivity contribution < 1.29 is 0 Å². The summed E-state index contributed by atoms with van der Waals surface area (Å²) in [6.07, 6.45) is 13.7. The van der Waals surface area contributed by atoms with Crippen LogP contribution in [-0.2, 0) is 13.1 Å². The Labute approximate surface area is 110 Å². The minimum atomic E-state index is 0.493. The Morgan fingerprint density at radius 2 is 2.11 bits per heavy atom. The van der Waals surface area contributed by atoms with Crippen LogP contribution in [-0.4, -0.2) is 15.6 Å². The lowest BCUT2D eigenvalue weighted by molar-refractivity contribution is 0.181. The molecule has 3 heteroatoms. The van der Waals surface area contributed by atoms with E-state index in [1.165, 1.54) is 50.6 Å². The molecule has 100 valence electrons. The maximum Gasteiger partial charge on any atom is 0.0948 e. The summed E-state index contributed by atoms with van der Waals surface area (Å²) >= 11 is 0. The molecule has 0 saturated heterocycles. The summed E-state index contributed by atoms with van der Waals surface area (Å²) in [7, 11) is 0. The molecule has 0 aliphatic heterocycles. The normalized spacial score (nSPS) is 23.2. The molecular formula is C15H25N3. The minimum Gasteiger partial charge on any atom is -0.333 e. The largest absolute Gasteiger partial charge is 0.333 e. The summed E-state index contributed by atoms with van der Waals surface area (Å²) in [6.45, 7) is 4.58. The standard InChI is InChI=1S/C15H25N3/c1-15(7-3-2-4-8-15)11-18-12-16-9-14(18)10-17-13-5-6-13/h9,12-13,17H,2-8,10-11H2,1H3. The van der Waals surface area contributed by atoms with Crippen molar-refractivity contribution in [3.63, 3.8) is 0 Å². The van der Waals surface area contributed by atoms with Gasteiger partial charge in [-0.1, -0.05) is 26.2 Å². The molecule has 0 amide bonds. The Hall–Kier alpha value is -0.830. The molecule has 3 rings (SSSR count). The van der Waals surface area contributed by atoms with Crippen LogP contribution in [0.3, 0.4) is 0 Å². The highest BCUT2D eigenvalue weighted by atomic mass is 15.1. The number of nitrogens with one attached hydrogen (secondary N) is 1. The van der Waals surface area contributed by atoms with Gasteiger partial charge in [0.1, 0.15) is 0 Å². The monoisotopic (exact) mass is 247 g/mol. The molecule has 0 spiro atoms. The van der Waals surface area contributed by atoms with Crippen LogP contribution in [0.15, 0.2) is 12.5 Å². The topological polar surface area (TPSA) is 29.9 Å². The van der Waals surface area contributed by atoms with Crippen LogP contribution in [0, 0.1) is 5.41 Å². The van der Waals surface area contributed by atoms with Crippen LogP contribution in [0.5, 0.6) is 0 Å². The van der Waals surface area contributed by atoms with E-state index in [0.29, 0.717) is 5.41 Å². The third kappa shape index (κ3) is 2.94. The van der Waals surface area contributed by atoms with Crippen molar-refractivity contribution >= 4 is 0 Å². The zero-order valence-corrected chi connectivity index (χ0v) is 11.5. The van der Waals surface area contributed by atoms with Crippen LogP contribution in [0.2, 0.25) is 0 Å². The van der Waals surface area contributed by atoms with E-state index in [-0.39, 0.29) is 0 Å². The Kier molecular flexibility index (Phi) is 3.42. The maximum absolute atomic E-state index is 4.34. The lowest BCUT2D eigenvalue weighted by Crippen LogP contribution is -2.27. The molecule has 2 fully saturated rings. The first-order valence-electron chi connectivity index (χ1n) is 7.48. The van der Waals surface area contributed by atoms with Crippen molar-refractivity contribution in [2.24, 2.45) is 5.41 Å². The summed E-state index contributed by atoms with van der Waals surface area (Å²) in [5.41, 5.74) is 1.85. The molecule has 0 aromatic carbocycles. The molecule has 1 aromatic heterocycles. The summed E-state index contributed by atoms with van der Waals surface area (Å²) < 4.78 is 2.38. The fourth-order valence-electron chi connectivity index (χ4n) is 3.15. The first-order chi connectivity index (χ1) is 8.75. The van der Waals surface area contributed by atoms with Gasteiger partial charge in [-0.05, 0) is 31.1 Å². The Morgan fingerprint density at radius 1 is 1.33 bits per heavy atom. The summed E-state index contributed by atoms with van der Waals surface area (Å²) in [5.74, 6) is 0. The SMILES string of the molecule is CC1(Cn2cncc2CNC2CC2)CCCCC1. The van der Waals surface area contributed by atoms with Gasteiger partial charge in [0.15, 0.2) is 0 Å². The summed E-state index contributed by atoms with van der Waals surface area (Å²) in [5, 5.41) is 3.59. The highest BCUT2D eigenvalue weighted by molar-refractivity contribution is 5.00. The zero-order chi connectivity index (χ0) is 12.4. The van der Waals surface area contributed by atoms with E-state index in [0.717, 1.165) is 19.1 Å². The second kappa shape index (κ2) is 5.04. The zero-order valence-electron chi connectivity index (χ0n) is 11.5. The molecule has 0 atom stereocenters. The molecule has 2 saturated carbocycles. The van der Waals surface area contributed by atoms with Gasteiger partial charge >= 0.3 is 0 Å². The molecule has 1 heterocycles. The van der Waals surface area contributed by atoms with E-state index < -0.39 is 0 Å². The molecule has 1 N–H and O–H groups in total. The Morgan fingerprint density at radius 3 is 2.83 bits per heavy atom.